The molecule has 0 aliphatic carbocycles. The van der Waals surface area contributed by atoms with E-state index in [2.05, 4.69) is 15.3 Å². The molecule has 1 aliphatic heterocycles. The monoisotopic (exact) mass is 413 g/mol. The molecule has 0 N–H and O–H groups in total. The van der Waals surface area contributed by atoms with Crippen molar-refractivity contribution in [2.24, 2.45) is 0 Å². The molecule has 1 aliphatic rings. The normalized spacial score (nSPS) is 15.4. The number of aryl methyl sites for hydroxylation is 1. The first-order valence-corrected chi connectivity index (χ1v) is 8.35. The molecule has 0 unspecified atom stereocenters. The van der Waals surface area contributed by atoms with Crippen molar-refractivity contribution < 1.29 is 13.2 Å². The van der Waals surface area contributed by atoms with Gasteiger partial charge in [0.2, 0.25) is 0 Å². The summed E-state index contributed by atoms with van der Waals surface area (Å²) in [5.74, 6) is 0. The fourth-order valence-electron chi connectivity index (χ4n) is 2.75. The Bertz CT molecular complexity index is 671. The molecule has 0 spiro atoms. The minimum Gasteiger partial charge on any atom is -0.369 e. The van der Waals surface area contributed by atoms with Gasteiger partial charge in [-0.15, -0.1) is 36.2 Å². The van der Waals surface area contributed by atoms with Gasteiger partial charge in [-0.3, -0.25) is 4.90 Å². The second-order valence-electron chi connectivity index (χ2n) is 5.67. The zero-order valence-corrected chi connectivity index (χ0v) is 16.1. The number of rotatable bonds is 3. The molecule has 0 bridgehead atoms. The Morgan fingerprint density at radius 3 is 2.36 bits per heavy atom. The van der Waals surface area contributed by atoms with Crippen LogP contribution in [0.2, 0.25) is 0 Å². The quantitative estimate of drug-likeness (QED) is 0.730. The van der Waals surface area contributed by atoms with Gasteiger partial charge in [0.15, 0.2) is 0 Å². The predicted octanol–water partition coefficient (Wildman–Crippen LogP) is 4.64. The van der Waals surface area contributed by atoms with Crippen LogP contribution in [0.3, 0.4) is 0 Å². The molecular formula is C16H20Cl2F3N3S. The Morgan fingerprint density at radius 1 is 1.12 bits per heavy atom. The van der Waals surface area contributed by atoms with Gasteiger partial charge in [-0.25, -0.2) is 4.98 Å². The van der Waals surface area contributed by atoms with Crippen molar-refractivity contribution in [2.75, 3.05) is 31.1 Å². The van der Waals surface area contributed by atoms with Crippen LogP contribution in [0.15, 0.2) is 29.6 Å². The summed E-state index contributed by atoms with van der Waals surface area (Å²) in [5, 5.41) is 3.12. The average molecular weight is 414 g/mol. The van der Waals surface area contributed by atoms with Crippen molar-refractivity contribution in [3.8, 4) is 0 Å². The van der Waals surface area contributed by atoms with Gasteiger partial charge in [0.25, 0.3) is 0 Å². The van der Waals surface area contributed by atoms with E-state index in [0.717, 1.165) is 49.5 Å². The molecule has 1 saturated heterocycles. The summed E-state index contributed by atoms with van der Waals surface area (Å²) in [6.07, 6.45) is -4.29. The van der Waals surface area contributed by atoms with Crippen molar-refractivity contribution in [3.63, 3.8) is 0 Å². The highest BCUT2D eigenvalue weighted by Crippen LogP contribution is 2.31. The van der Waals surface area contributed by atoms with Gasteiger partial charge in [0, 0.05) is 43.8 Å². The molecule has 0 atom stereocenters. The van der Waals surface area contributed by atoms with E-state index < -0.39 is 11.7 Å². The number of halogens is 5. The zero-order valence-electron chi connectivity index (χ0n) is 13.6. The van der Waals surface area contributed by atoms with Crippen molar-refractivity contribution in [2.45, 2.75) is 19.6 Å². The maximum absolute atomic E-state index is 12.8. The molecule has 9 heteroatoms. The molecule has 2 aromatic rings. The van der Waals surface area contributed by atoms with Crippen molar-refractivity contribution in [1.29, 1.82) is 0 Å². The van der Waals surface area contributed by atoms with E-state index in [-0.39, 0.29) is 24.8 Å². The number of alkyl halides is 3. The van der Waals surface area contributed by atoms with Gasteiger partial charge in [-0.2, -0.15) is 13.2 Å². The molecule has 140 valence electrons. The van der Waals surface area contributed by atoms with Gasteiger partial charge in [0.05, 0.1) is 16.3 Å². The van der Waals surface area contributed by atoms with E-state index in [1.165, 1.54) is 12.1 Å². The van der Waals surface area contributed by atoms with Crippen LogP contribution in [-0.2, 0) is 12.7 Å². The van der Waals surface area contributed by atoms with Gasteiger partial charge in [0.1, 0.15) is 0 Å². The molecular weight excluding hydrogens is 394 g/mol. The highest BCUT2D eigenvalue weighted by molar-refractivity contribution is 7.09. The summed E-state index contributed by atoms with van der Waals surface area (Å²) in [7, 11) is 0. The number of piperazine rings is 1. The summed E-state index contributed by atoms with van der Waals surface area (Å²) in [5.41, 5.74) is 1.12. The van der Waals surface area contributed by atoms with Crippen molar-refractivity contribution >= 4 is 41.8 Å². The number of aromatic nitrogens is 1. The minimum absolute atomic E-state index is 0. The van der Waals surface area contributed by atoms with Crippen molar-refractivity contribution in [3.05, 3.63) is 45.9 Å². The van der Waals surface area contributed by atoms with Crippen molar-refractivity contribution in [1.82, 2.24) is 9.88 Å². The highest BCUT2D eigenvalue weighted by atomic mass is 35.5. The third kappa shape index (κ3) is 5.74. The molecule has 1 aromatic carbocycles. The Hall–Kier alpha value is -1.02. The molecule has 0 amide bonds. The fourth-order valence-corrected chi connectivity index (χ4v) is 3.36. The molecule has 0 saturated carbocycles. The second-order valence-corrected chi connectivity index (χ2v) is 6.73. The van der Waals surface area contributed by atoms with E-state index in [1.54, 1.807) is 17.4 Å². The smallest absolute Gasteiger partial charge is 0.369 e. The topological polar surface area (TPSA) is 19.4 Å². The van der Waals surface area contributed by atoms with Crippen LogP contribution in [0.1, 0.15) is 16.3 Å². The number of anilines is 1. The summed E-state index contributed by atoms with van der Waals surface area (Å²) in [6.45, 7) is 5.90. The second kappa shape index (κ2) is 9.07. The first-order chi connectivity index (χ1) is 10.9. The van der Waals surface area contributed by atoms with Gasteiger partial charge >= 0.3 is 6.18 Å². The number of nitrogens with zero attached hydrogens (tertiary/aromatic N) is 3. The summed E-state index contributed by atoms with van der Waals surface area (Å²) in [4.78, 5) is 8.76. The third-order valence-corrected chi connectivity index (χ3v) is 4.79. The van der Waals surface area contributed by atoms with Crippen LogP contribution in [0.5, 0.6) is 0 Å². The highest BCUT2D eigenvalue weighted by Gasteiger charge is 2.31. The molecule has 1 aromatic heterocycles. The minimum atomic E-state index is -4.29. The van der Waals surface area contributed by atoms with Gasteiger partial charge in [-0.1, -0.05) is 6.07 Å². The molecule has 3 nitrogen and oxygen atoms in total. The molecule has 0 radical (unpaired) electrons. The maximum Gasteiger partial charge on any atom is 0.416 e. The van der Waals surface area contributed by atoms with Crippen LogP contribution >= 0.6 is 36.2 Å². The Balaban J connectivity index is 0.00000156. The molecule has 1 fully saturated rings. The van der Waals surface area contributed by atoms with E-state index >= 15 is 0 Å². The number of thiazole rings is 1. The first kappa shape index (κ1) is 22.0. The standard InChI is InChI=1S/C16H18F3N3S.2ClH/c1-12-20-14(11-23-12)10-21-5-7-22(8-6-21)15-4-2-3-13(9-15)16(17,18)19;;/h2-4,9,11H,5-8,10H2,1H3;2*1H. The molecule has 25 heavy (non-hydrogen) atoms. The zero-order chi connectivity index (χ0) is 16.4. The largest absolute Gasteiger partial charge is 0.416 e. The van der Waals surface area contributed by atoms with Crippen LogP contribution in [0.4, 0.5) is 18.9 Å². The van der Waals surface area contributed by atoms with Crippen LogP contribution < -0.4 is 4.90 Å². The van der Waals surface area contributed by atoms with Crippen LogP contribution in [-0.4, -0.2) is 36.1 Å². The van der Waals surface area contributed by atoms with E-state index in [1.807, 2.05) is 11.8 Å². The summed E-state index contributed by atoms with van der Waals surface area (Å²) >= 11 is 1.64. The lowest BCUT2D eigenvalue weighted by atomic mass is 10.1. The number of hydrogen-bond acceptors (Lipinski definition) is 4. The number of benzene rings is 1. The average Bonchev–Trinajstić information content (AvgIpc) is 2.92. The Morgan fingerprint density at radius 2 is 1.80 bits per heavy atom. The van der Waals surface area contributed by atoms with Crippen LogP contribution in [0, 0.1) is 6.92 Å². The van der Waals surface area contributed by atoms with E-state index in [4.69, 9.17) is 0 Å². The third-order valence-electron chi connectivity index (χ3n) is 3.96. The lowest BCUT2D eigenvalue weighted by Crippen LogP contribution is -2.46. The Labute approximate surface area is 161 Å². The van der Waals surface area contributed by atoms with E-state index in [0.29, 0.717) is 5.69 Å². The van der Waals surface area contributed by atoms with Gasteiger partial charge in [-0.05, 0) is 25.1 Å². The predicted molar refractivity (Wildman–Crippen MR) is 100 cm³/mol. The first-order valence-electron chi connectivity index (χ1n) is 7.47. The number of hydrogen-bond donors (Lipinski definition) is 0. The summed E-state index contributed by atoms with van der Waals surface area (Å²) in [6, 6.07) is 5.57. The maximum atomic E-state index is 12.8. The lowest BCUT2D eigenvalue weighted by Gasteiger charge is -2.36. The Kier molecular flexibility index (Phi) is 7.99. The van der Waals surface area contributed by atoms with Gasteiger partial charge < -0.3 is 4.90 Å². The SMILES string of the molecule is Cc1nc(CN2CCN(c3cccc(C(F)(F)F)c3)CC2)cs1.Cl.Cl. The lowest BCUT2D eigenvalue weighted by molar-refractivity contribution is -0.137. The molecule has 2 heterocycles. The molecule has 3 rings (SSSR count). The van der Waals surface area contributed by atoms with E-state index in [9.17, 15) is 13.2 Å². The fraction of sp³-hybridized carbons (Fsp3) is 0.438. The van der Waals surface area contributed by atoms with Crippen LogP contribution in [0.25, 0.3) is 0 Å². The summed E-state index contributed by atoms with van der Waals surface area (Å²) < 4.78 is 38.4.